The number of piperidine rings is 1. The van der Waals surface area contributed by atoms with Gasteiger partial charge in [-0.15, -0.1) is 0 Å². The number of rotatable bonds is 3. The third kappa shape index (κ3) is 3.03. The topological polar surface area (TPSA) is 38.5 Å². The van der Waals surface area contributed by atoms with E-state index in [1.54, 1.807) is 0 Å². The van der Waals surface area contributed by atoms with Crippen LogP contribution in [-0.4, -0.2) is 42.2 Å². The molecule has 4 rings (SSSR count). The van der Waals surface area contributed by atoms with E-state index < -0.39 is 0 Å². The third-order valence-electron chi connectivity index (χ3n) is 4.90. The normalized spacial score (nSPS) is 27.3. The molecule has 2 aromatic rings. The second kappa shape index (κ2) is 6.39. The SMILES string of the molecule is c1ccc2oc(C3CCCN(CC4CCCCO4)C3)nc2c1. The standard InChI is InChI=1S/C18H24N2O2/c1-2-9-17-16(8-1)19-18(22-17)14-6-5-10-20(12-14)13-15-7-3-4-11-21-15/h1-2,8-9,14-15H,3-7,10-13H2. The van der Waals surface area contributed by atoms with Crippen molar-refractivity contribution in [3.63, 3.8) is 0 Å². The van der Waals surface area contributed by atoms with Crippen molar-refractivity contribution in [1.29, 1.82) is 0 Å². The number of likely N-dealkylation sites (tertiary alicyclic amines) is 1. The molecule has 1 aromatic carbocycles. The summed E-state index contributed by atoms with van der Waals surface area (Å²) in [5.74, 6) is 1.33. The Bertz CT molecular complexity index is 585. The lowest BCUT2D eigenvalue weighted by molar-refractivity contribution is -0.0106. The first-order valence-corrected chi connectivity index (χ1v) is 8.58. The van der Waals surface area contributed by atoms with Gasteiger partial charge in [-0.2, -0.15) is 0 Å². The van der Waals surface area contributed by atoms with Crippen molar-refractivity contribution >= 4 is 11.1 Å². The summed E-state index contributed by atoms with van der Waals surface area (Å²) in [5.41, 5.74) is 1.88. The largest absolute Gasteiger partial charge is 0.440 e. The van der Waals surface area contributed by atoms with Gasteiger partial charge in [0, 0.05) is 25.6 Å². The molecule has 2 atom stereocenters. The third-order valence-corrected chi connectivity index (χ3v) is 4.90. The fraction of sp³-hybridized carbons (Fsp3) is 0.611. The summed E-state index contributed by atoms with van der Waals surface area (Å²) >= 11 is 0. The van der Waals surface area contributed by atoms with Crippen molar-refractivity contribution in [3.05, 3.63) is 30.2 Å². The van der Waals surface area contributed by atoms with E-state index in [-0.39, 0.29) is 0 Å². The molecule has 22 heavy (non-hydrogen) atoms. The van der Waals surface area contributed by atoms with Crippen LogP contribution in [0.1, 0.15) is 43.9 Å². The monoisotopic (exact) mass is 300 g/mol. The smallest absolute Gasteiger partial charge is 0.199 e. The molecule has 0 amide bonds. The van der Waals surface area contributed by atoms with E-state index in [1.165, 1.54) is 38.6 Å². The van der Waals surface area contributed by atoms with E-state index in [0.29, 0.717) is 12.0 Å². The van der Waals surface area contributed by atoms with Crippen LogP contribution in [0.3, 0.4) is 0 Å². The van der Waals surface area contributed by atoms with Crippen LogP contribution in [0.25, 0.3) is 11.1 Å². The zero-order valence-corrected chi connectivity index (χ0v) is 13.0. The highest BCUT2D eigenvalue weighted by atomic mass is 16.5. The van der Waals surface area contributed by atoms with Crippen molar-refractivity contribution in [3.8, 4) is 0 Å². The molecule has 0 bridgehead atoms. The number of ether oxygens (including phenoxy) is 1. The maximum Gasteiger partial charge on any atom is 0.199 e. The Morgan fingerprint density at radius 3 is 2.95 bits per heavy atom. The van der Waals surface area contributed by atoms with Crippen molar-refractivity contribution in [1.82, 2.24) is 9.88 Å². The van der Waals surface area contributed by atoms with Gasteiger partial charge >= 0.3 is 0 Å². The van der Waals surface area contributed by atoms with E-state index in [1.807, 2.05) is 24.3 Å². The number of oxazole rings is 1. The van der Waals surface area contributed by atoms with Crippen LogP contribution >= 0.6 is 0 Å². The van der Waals surface area contributed by atoms with Crippen molar-refractivity contribution in [2.75, 3.05) is 26.2 Å². The minimum atomic E-state index is 0.421. The van der Waals surface area contributed by atoms with Gasteiger partial charge in [0.25, 0.3) is 0 Å². The highest BCUT2D eigenvalue weighted by molar-refractivity contribution is 5.72. The predicted molar refractivity (Wildman–Crippen MR) is 86.0 cm³/mol. The Balaban J connectivity index is 1.43. The van der Waals surface area contributed by atoms with Gasteiger partial charge in [0.05, 0.1) is 6.10 Å². The zero-order valence-electron chi connectivity index (χ0n) is 13.0. The summed E-state index contributed by atoms with van der Waals surface area (Å²) in [5, 5.41) is 0. The van der Waals surface area contributed by atoms with Crippen LogP contribution in [0.15, 0.2) is 28.7 Å². The summed E-state index contributed by atoms with van der Waals surface area (Å²) in [6.07, 6.45) is 6.57. The number of nitrogens with zero attached hydrogens (tertiary/aromatic N) is 2. The Labute approximate surface area is 131 Å². The average Bonchev–Trinajstić information content (AvgIpc) is 3.00. The molecule has 0 radical (unpaired) electrons. The number of hydrogen-bond acceptors (Lipinski definition) is 4. The first-order valence-electron chi connectivity index (χ1n) is 8.58. The molecule has 2 aliphatic rings. The van der Waals surface area contributed by atoms with Gasteiger partial charge < -0.3 is 9.15 Å². The minimum absolute atomic E-state index is 0.421. The van der Waals surface area contributed by atoms with E-state index in [0.717, 1.165) is 36.7 Å². The molecule has 3 heterocycles. The Hall–Kier alpha value is -1.39. The van der Waals surface area contributed by atoms with Gasteiger partial charge in [0.2, 0.25) is 0 Å². The molecule has 2 saturated heterocycles. The fourth-order valence-electron chi connectivity index (χ4n) is 3.73. The highest BCUT2D eigenvalue weighted by Crippen LogP contribution is 2.29. The minimum Gasteiger partial charge on any atom is -0.440 e. The predicted octanol–water partition coefficient (Wildman–Crippen LogP) is 3.58. The van der Waals surface area contributed by atoms with E-state index in [4.69, 9.17) is 14.1 Å². The van der Waals surface area contributed by atoms with Crippen molar-refractivity contribution in [2.24, 2.45) is 0 Å². The average molecular weight is 300 g/mol. The first-order chi connectivity index (χ1) is 10.9. The molecule has 118 valence electrons. The van der Waals surface area contributed by atoms with Gasteiger partial charge in [0.1, 0.15) is 5.52 Å². The van der Waals surface area contributed by atoms with Crippen LogP contribution in [0, 0.1) is 0 Å². The Morgan fingerprint density at radius 2 is 2.09 bits per heavy atom. The maximum atomic E-state index is 5.98. The summed E-state index contributed by atoms with van der Waals surface area (Å²) in [7, 11) is 0. The number of hydrogen-bond donors (Lipinski definition) is 0. The van der Waals surface area contributed by atoms with Gasteiger partial charge in [-0.3, -0.25) is 4.90 Å². The summed E-state index contributed by atoms with van der Waals surface area (Å²) in [4.78, 5) is 7.23. The van der Waals surface area contributed by atoms with Gasteiger partial charge in [0.15, 0.2) is 11.5 Å². The van der Waals surface area contributed by atoms with Crippen molar-refractivity contribution < 1.29 is 9.15 Å². The maximum absolute atomic E-state index is 5.98. The summed E-state index contributed by atoms with van der Waals surface area (Å²) < 4.78 is 11.9. The second-order valence-electron chi connectivity index (χ2n) is 6.61. The number of fused-ring (bicyclic) bond motifs is 1. The van der Waals surface area contributed by atoms with Gasteiger partial charge in [-0.1, -0.05) is 12.1 Å². The molecular weight excluding hydrogens is 276 g/mol. The lowest BCUT2D eigenvalue weighted by Gasteiger charge is -2.34. The molecule has 2 aliphatic heterocycles. The molecule has 4 nitrogen and oxygen atoms in total. The lowest BCUT2D eigenvalue weighted by Crippen LogP contribution is -2.41. The quantitative estimate of drug-likeness (QED) is 0.868. The van der Waals surface area contributed by atoms with Crippen LogP contribution in [-0.2, 0) is 4.74 Å². The Kier molecular flexibility index (Phi) is 4.13. The van der Waals surface area contributed by atoms with E-state index in [2.05, 4.69) is 4.90 Å². The Morgan fingerprint density at radius 1 is 1.14 bits per heavy atom. The van der Waals surface area contributed by atoms with Crippen LogP contribution in [0.4, 0.5) is 0 Å². The van der Waals surface area contributed by atoms with Crippen LogP contribution in [0.5, 0.6) is 0 Å². The zero-order chi connectivity index (χ0) is 14.8. The molecular formula is C18H24N2O2. The summed E-state index contributed by atoms with van der Waals surface area (Å²) in [6, 6.07) is 8.05. The summed E-state index contributed by atoms with van der Waals surface area (Å²) in [6.45, 7) is 4.23. The molecule has 0 saturated carbocycles. The molecule has 2 fully saturated rings. The number of aromatic nitrogens is 1. The van der Waals surface area contributed by atoms with E-state index >= 15 is 0 Å². The van der Waals surface area contributed by atoms with Gasteiger partial charge in [-0.05, 0) is 50.8 Å². The fourth-order valence-corrected chi connectivity index (χ4v) is 3.73. The van der Waals surface area contributed by atoms with Crippen LogP contribution in [0.2, 0.25) is 0 Å². The van der Waals surface area contributed by atoms with E-state index in [9.17, 15) is 0 Å². The highest BCUT2D eigenvalue weighted by Gasteiger charge is 2.27. The second-order valence-corrected chi connectivity index (χ2v) is 6.61. The lowest BCUT2D eigenvalue weighted by atomic mass is 9.97. The van der Waals surface area contributed by atoms with Gasteiger partial charge in [-0.25, -0.2) is 4.98 Å². The molecule has 4 heteroatoms. The van der Waals surface area contributed by atoms with Crippen LogP contribution < -0.4 is 0 Å². The molecule has 2 unspecified atom stereocenters. The van der Waals surface area contributed by atoms with Crippen molar-refractivity contribution in [2.45, 2.75) is 44.1 Å². The molecule has 1 aromatic heterocycles. The molecule has 0 N–H and O–H groups in total. The number of para-hydroxylation sites is 2. The number of benzene rings is 1. The molecule has 0 spiro atoms. The first kappa shape index (κ1) is 14.2. The molecule has 0 aliphatic carbocycles.